The Bertz CT molecular complexity index is 819. The number of aryl methyl sites for hydroxylation is 1. The highest BCUT2D eigenvalue weighted by Gasteiger charge is 2.24. The zero-order chi connectivity index (χ0) is 21.3. The number of aromatic nitrogens is 3. The standard InChI is InChI=1S/C20H25Cl2N5O3/c21-15-10-14(11-16(22)12-15)6-9-30-20(29)27-7-4-17(5-8-27)24-19(28)3-1-2-18-13-23-26-25-18/h10-13,17H,1-9H2,(H,24,28)(H,23,25,26). The SMILES string of the molecule is O=C(CCCc1c[nH]nn1)NC1CCN(C(=O)OCCc2cc(Cl)cc(Cl)c2)CC1. The minimum atomic E-state index is -0.333. The van der Waals surface area contributed by atoms with E-state index in [4.69, 9.17) is 27.9 Å². The van der Waals surface area contributed by atoms with Crippen LogP contribution in [-0.4, -0.2) is 58.0 Å². The van der Waals surface area contributed by atoms with Crippen LogP contribution in [0.15, 0.2) is 24.4 Å². The zero-order valence-corrected chi connectivity index (χ0v) is 18.1. The Balaban J connectivity index is 1.30. The summed E-state index contributed by atoms with van der Waals surface area (Å²) in [6.45, 7) is 1.38. The fraction of sp³-hybridized carbons (Fsp3) is 0.500. The van der Waals surface area contributed by atoms with E-state index in [1.807, 2.05) is 0 Å². The molecule has 0 atom stereocenters. The summed E-state index contributed by atoms with van der Waals surface area (Å²) in [6, 6.07) is 5.36. The van der Waals surface area contributed by atoms with Crippen LogP contribution in [0.3, 0.4) is 0 Å². The van der Waals surface area contributed by atoms with Gasteiger partial charge in [0.2, 0.25) is 5.91 Å². The van der Waals surface area contributed by atoms with Crippen molar-refractivity contribution < 1.29 is 14.3 Å². The quantitative estimate of drug-likeness (QED) is 0.637. The second-order valence-corrected chi connectivity index (χ2v) is 8.16. The van der Waals surface area contributed by atoms with Crippen molar-refractivity contribution in [3.63, 3.8) is 0 Å². The van der Waals surface area contributed by atoms with Gasteiger partial charge in [0, 0.05) is 48.2 Å². The molecule has 1 fully saturated rings. The number of H-pyrrole nitrogens is 1. The molecule has 2 aromatic rings. The summed E-state index contributed by atoms with van der Waals surface area (Å²) in [5.41, 5.74) is 1.78. The normalized spacial score (nSPS) is 14.5. The van der Waals surface area contributed by atoms with Crippen molar-refractivity contribution in [3.05, 3.63) is 45.7 Å². The van der Waals surface area contributed by atoms with Gasteiger partial charge in [0.25, 0.3) is 0 Å². The van der Waals surface area contributed by atoms with Crippen molar-refractivity contribution in [3.8, 4) is 0 Å². The van der Waals surface area contributed by atoms with Crippen molar-refractivity contribution in [2.45, 2.75) is 44.6 Å². The van der Waals surface area contributed by atoms with Gasteiger partial charge < -0.3 is 15.0 Å². The summed E-state index contributed by atoms with van der Waals surface area (Å²) >= 11 is 12.0. The van der Waals surface area contributed by atoms with Gasteiger partial charge >= 0.3 is 6.09 Å². The summed E-state index contributed by atoms with van der Waals surface area (Å²) < 4.78 is 5.37. The fourth-order valence-electron chi connectivity index (χ4n) is 3.39. The molecule has 0 spiro atoms. The molecule has 0 aliphatic carbocycles. The molecule has 1 aromatic carbocycles. The smallest absolute Gasteiger partial charge is 0.409 e. The Hall–Kier alpha value is -2.32. The molecule has 3 rings (SSSR count). The van der Waals surface area contributed by atoms with Crippen molar-refractivity contribution in [2.75, 3.05) is 19.7 Å². The second kappa shape index (κ2) is 11.2. The Kier molecular flexibility index (Phi) is 8.33. The number of benzene rings is 1. The van der Waals surface area contributed by atoms with Crippen LogP contribution in [0, 0.1) is 0 Å². The number of carbonyl (C=O) groups is 2. The summed E-state index contributed by atoms with van der Waals surface area (Å²) in [4.78, 5) is 26.0. The highest BCUT2D eigenvalue weighted by molar-refractivity contribution is 6.34. The molecule has 162 valence electrons. The van der Waals surface area contributed by atoms with Crippen LogP contribution >= 0.6 is 23.2 Å². The first-order chi connectivity index (χ1) is 14.5. The van der Waals surface area contributed by atoms with E-state index in [2.05, 4.69) is 20.7 Å². The molecule has 1 saturated heterocycles. The number of halogens is 2. The molecule has 30 heavy (non-hydrogen) atoms. The molecule has 1 aliphatic heterocycles. The molecule has 0 radical (unpaired) electrons. The molecule has 2 N–H and O–H groups in total. The van der Waals surface area contributed by atoms with Gasteiger partial charge in [-0.15, -0.1) is 5.10 Å². The van der Waals surface area contributed by atoms with E-state index < -0.39 is 0 Å². The Labute approximate surface area is 185 Å². The average Bonchev–Trinajstić information content (AvgIpc) is 3.21. The van der Waals surface area contributed by atoms with Crippen molar-refractivity contribution in [1.82, 2.24) is 25.6 Å². The molecular formula is C20H25Cl2N5O3. The van der Waals surface area contributed by atoms with Gasteiger partial charge in [0.15, 0.2) is 0 Å². The fourth-order valence-corrected chi connectivity index (χ4v) is 3.96. The lowest BCUT2D eigenvalue weighted by Crippen LogP contribution is -2.46. The number of carbonyl (C=O) groups excluding carboxylic acids is 2. The molecule has 1 aromatic heterocycles. The molecule has 8 nitrogen and oxygen atoms in total. The van der Waals surface area contributed by atoms with Crippen LogP contribution in [0.4, 0.5) is 4.79 Å². The van der Waals surface area contributed by atoms with Crippen molar-refractivity contribution in [1.29, 1.82) is 0 Å². The monoisotopic (exact) mass is 453 g/mol. The number of ether oxygens (including phenoxy) is 1. The van der Waals surface area contributed by atoms with Crippen LogP contribution in [0.25, 0.3) is 0 Å². The minimum absolute atomic E-state index is 0.0275. The Morgan fingerprint density at radius 2 is 1.90 bits per heavy atom. The van der Waals surface area contributed by atoms with Gasteiger partial charge in [-0.1, -0.05) is 28.4 Å². The maximum Gasteiger partial charge on any atom is 0.409 e. The predicted octanol–water partition coefficient (Wildman–Crippen LogP) is 3.39. The maximum atomic E-state index is 12.3. The van der Waals surface area contributed by atoms with E-state index in [0.717, 1.165) is 24.1 Å². The van der Waals surface area contributed by atoms with Crippen LogP contribution in [0.2, 0.25) is 10.0 Å². The molecule has 0 bridgehead atoms. The van der Waals surface area contributed by atoms with Gasteiger partial charge in [-0.3, -0.25) is 9.89 Å². The van der Waals surface area contributed by atoms with Crippen molar-refractivity contribution >= 4 is 35.2 Å². The lowest BCUT2D eigenvalue weighted by atomic mass is 10.0. The Morgan fingerprint density at radius 3 is 2.57 bits per heavy atom. The van der Waals surface area contributed by atoms with E-state index in [1.54, 1.807) is 29.3 Å². The number of aromatic amines is 1. The van der Waals surface area contributed by atoms with E-state index in [9.17, 15) is 9.59 Å². The summed E-state index contributed by atoms with van der Waals surface area (Å²) in [5, 5.41) is 14.4. The van der Waals surface area contributed by atoms with Crippen molar-refractivity contribution in [2.24, 2.45) is 0 Å². The van der Waals surface area contributed by atoms with Crippen LogP contribution < -0.4 is 5.32 Å². The van der Waals surface area contributed by atoms with E-state index in [1.165, 1.54) is 0 Å². The number of amides is 2. The van der Waals surface area contributed by atoms with E-state index >= 15 is 0 Å². The third kappa shape index (κ3) is 7.18. The molecule has 0 saturated carbocycles. The first-order valence-electron chi connectivity index (χ1n) is 10.0. The molecule has 1 aliphatic rings. The predicted molar refractivity (Wildman–Crippen MR) is 114 cm³/mol. The number of hydrogen-bond donors (Lipinski definition) is 2. The topological polar surface area (TPSA) is 100 Å². The second-order valence-electron chi connectivity index (χ2n) is 7.29. The third-order valence-corrected chi connectivity index (χ3v) is 5.40. The van der Waals surface area contributed by atoms with Gasteiger partial charge in [-0.05, 0) is 49.4 Å². The third-order valence-electron chi connectivity index (χ3n) is 4.96. The lowest BCUT2D eigenvalue weighted by Gasteiger charge is -2.31. The van der Waals surface area contributed by atoms with Crippen LogP contribution in [0.1, 0.15) is 36.9 Å². The number of nitrogens with zero attached hydrogens (tertiary/aromatic N) is 3. The lowest BCUT2D eigenvalue weighted by molar-refractivity contribution is -0.122. The molecule has 10 heteroatoms. The maximum absolute atomic E-state index is 12.3. The molecular weight excluding hydrogens is 429 g/mol. The first kappa shape index (κ1) is 22.4. The van der Waals surface area contributed by atoms with Gasteiger partial charge in [0.1, 0.15) is 0 Å². The van der Waals surface area contributed by atoms with E-state index in [0.29, 0.717) is 48.8 Å². The number of piperidine rings is 1. The van der Waals surface area contributed by atoms with E-state index in [-0.39, 0.29) is 24.6 Å². The van der Waals surface area contributed by atoms with Gasteiger partial charge in [0.05, 0.1) is 12.3 Å². The van der Waals surface area contributed by atoms with Gasteiger partial charge in [-0.2, -0.15) is 0 Å². The minimum Gasteiger partial charge on any atom is -0.449 e. The highest BCUT2D eigenvalue weighted by atomic mass is 35.5. The van der Waals surface area contributed by atoms with Crippen LogP contribution in [0.5, 0.6) is 0 Å². The Morgan fingerprint density at radius 1 is 1.17 bits per heavy atom. The molecule has 2 heterocycles. The first-order valence-corrected chi connectivity index (χ1v) is 10.8. The largest absolute Gasteiger partial charge is 0.449 e. The number of likely N-dealkylation sites (tertiary alicyclic amines) is 1. The number of hydrogen-bond acceptors (Lipinski definition) is 5. The summed E-state index contributed by atoms with van der Waals surface area (Å²) in [5.74, 6) is 0.0275. The summed E-state index contributed by atoms with van der Waals surface area (Å²) in [6.07, 6.45) is 5.27. The zero-order valence-electron chi connectivity index (χ0n) is 16.6. The molecule has 2 amide bonds. The number of nitrogens with one attached hydrogen (secondary N) is 2. The molecule has 0 unspecified atom stereocenters. The summed E-state index contributed by atoms with van der Waals surface area (Å²) in [7, 11) is 0. The highest BCUT2D eigenvalue weighted by Crippen LogP contribution is 2.19. The number of rotatable bonds is 8. The average molecular weight is 454 g/mol. The van der Waals surface area contributed by atoms with Crippen LogP contribution in [-0.2, 0) is 22.4 Å². The van der Waals surface area contributed by atoms with Gasteiger partial charge in [-0.25, -0.2) is 4.79 Å².